The van der Waals surface area contributed by atoms with Crippen LogP contribution >= 0.6 is 0 Å². The van der Waals surface area contributed by atoms with Gasteiger partial charge in [0.15, 0.2) is 22.8 Å². The molecule has 0 aliphatic heterocycles. The highest BCUT2D eigenvalue weighted by atomic mass is 16.4. The van der Waals surface area contributed by atoms with Crippen LogP contribution in [-0.4, -0.2) is 29.5 Å². The summed E-state index contributed by atoms with van der Waals surface area (Å²) in [4.78, 5) is 25.0. The van der Waals surface area contributed by atoms with Crippen molar-refractivity contribution >= 4 is 44.0 Å². The largest absolute Gasteiger partial charge is 0.436 e. The van der Waals surface area contributed by atoms with Gasteiger partial charge in [-0.25, -0.2) is 15.0 Å². The zero-order valence-electron chi connectivity index (χ0n) is 32.5. The molecule has 61 heavy (non-hydrogen) atoms. The first kappa shape index (κ1) is 34.5. The molecule has 0 fully saturated rings. The van der Waals surface area contributed by atoms with Gasteiger partial charge < -0.3 is 8.83 Å². The van der Waals surface area contributed by atoms with Crippen molar-refractivity contribution in [2.24, 2.45) is 0 Å². The van der Waals surface area contributed by atoms with Crippen LogP contribution in [0.5, 0.6) is 0 Å². The minimum atomic E-state index is 0.506. The van der Waals surface area contributed by atoms with E-state index < -0.39 is 0 Å². The molecule has 0 unspecified atom stereocenters. The van der Waals surface area contributed by atoms with E-state index in [1.807, 2.05) is 109 Å². The fourth-order valence-electron chi connectivity index (χ4n) is 8.10. The van der Waals surface area contributed by atoms with Crippen LogP contribution in [0.1, 0.15) is 0 Å². The van der Waals surface area contributed by atoms with E-state index in [1.165, 1.54) is 0 Å². The van der Waals surface area contributed by atoms with Crippen LogP contribution in [0, 0.1) is 0 Å². The molecule has 0 spiro atoms. The Morgan fingerprint density at radius 2 is 0.705 bits per heavy atom. The lowest BCUT2D eigenvalue weighted by molar-refractivity contribution is 0.619. The van der Waals surface area contributed by atoms with E-state index in [4.69, 9.17) is 33.8 Å². The van der Waals surface area contributed by atoms with Gasteiger partial charge in [0.1, 0.15) is 11.0 Å². The smallest absolute Gasteiger partial charge is 0.238 e. The van der Waals surface area contributed by atoms with Gasteiger partial charge in [-0.3, -0.25) is 4.57 Å². The third-order valence-corrected chi connectivity index (χ3v) is 11.2. The molecule has 0 bridgehead atoms. The molecule has 0 aliphatic carbocycles. The lowest BCUT2D eigenvalue weighted by atomic mass is 10.0. The summed E-state index contributed by atoms with van der Waals surface area (Å²) in [6, 6.07) is 65.8. The molecule has 12 rings (SSSR count). The Morgan fingerprint density at radius 1 is 0.311 bits per heavy atom. The highest BCUT2D eigenvalue weighted by molar-refractivity contribution is 6.11. The van der Waals surface area contributed by atoms with Crippen LogP contribution in [0.2, 0.25) is 0 Å². The number of aromatic nitrogens is 6. The second-order valence-corrected chi connectivity index (χ2v) is 14.9. The van der Waals surface area contributed by atoms with Gasteiger partial charge in [-0.15, -0.1) is 0 Å². The SMILES string of the molecule is c1ccc(-c2ccc3c(c2)c2cc(-c4ccccc4)ccc2n3-c2nc(-c3ccc(-c4nc5ccccc5o4)cc3)nc(-c3ccc(-c4nc5ccccc5o4)cc3)n2)cc1. The number of oxazole rings is 2. The first-order valence-electron chi connectivity index (χ1n) is 20.1. The van der Waals surface area contributed by atoms with Crippen molar-refractivity contribution in [3.05, 3.63) is 194 Å². The maximum atomic E-state index is 6.09. The summed E-state index contributed by atoms with van der Waals surface area (Å²) < 4.78 is 14.3. The van der Waals surface area contributed by atoms with E-state index in [9.17, 15) is 0 Å². The van der Waals surface area contributed by atoms with Crippen molar-refractivity contribution in [2.45, 2.75) is 0 Å². The van der Waals surface area contributed by atoms with E-state index >= 15 is 0 Å². The average molecular weight is 785 g/mol. The zero-order chi connectivity index (χ0) is 40.3. The number of benzene rings is 8. The van der Waals surface area contributed by atoms with E-state index in [2.05, 4.69) is 89.5 Å². The standard InChI is InChI=1S/C53H32N6O2/c1-3-11-33(12-4-1)39-27-29-45-41(31-39)42-32-40(34-13-5-2-6-14-34)28-30-46(42)59(45)53-57-49(35-19-23-37(24-20-35)51-54-43-15-7-9-17-47(43)60-51)56-50(58-53)36-21-25-38(26-22-36)52-55-44-16-8-10-18-48(44)61-52/h1-32H. The van der Waals surface area contributed by atoms with Crippen LogP contribution in [0.25, 0.3) is 118 Å². The summed E-state index contributed by atoms with van der Waals surface area (Å²) in [5.74, 6) is 2.68. The monoisotopic (exact) mass is 784 g/mol. The van der Waals surface area contributed by atoms with Gasteiger partial charge in [-0.2, -0.15) is 9.97 Å². The van der Waals surface area contributed by atoms with E-state index in [1.54, 1.807) is 0 Å². The number of rotatable bonds is 7. The molecule has 4 aromatic heterocycles. The van der Waals surface area contributed by atoms with Gasteiger partial charge in [-0.1, -0.05) is 121 Å². The number of fused-ring (bicyclic) bond motifs is 5. The van der Waals surface area contributed by atoms with Crippen LogP contribution in [0.15, 0.2) is 203 Å². The topological polar surface area (TPSA) is 95.7 Å². The molecule has 8 aromatic carbocycles. The molecule has 286 valence electrons. The molecule has 8 nitrogen and oxygen atoms in total. The highest BCUT2D eigenvalue weighted by Gasteiger charge is 2.20. The van der Waals surface area contributed by atoms with Gasteiger partial charge >= 0.3 is 0 Å². The quantitative estimate of drug-likeness (QED) is 0.159. The predicted octanol–water partition coefficient (Wildman–Crippen LogP) is 13.3. The molecule has 0 saturated heterocycles. The Bertz CT molecular complexity index is 3270. The zero-order valence-corrected chi connectivity index (χ0v) is 32.5. The summed E-state index contributed by atoms with van der Waals surface area (Å²) in [5.41, 5.74) is 13.0. The van der Waals surface area contributed by atoms with Gasteiger partial charge in [0, 0.05) is 33.0 Å². The molecule has 0 atom stereocenters. The lowest BCUT2D eigenvalue weighted by Crippen LogP contribution is -2.06. The molecule has 4 heterocycles. The predicted molar refractivity (Wildman–Crippen MR) is 242 cm³/mol. The Kier molecular flexibility index (Phi) is 7.99. The first-order chi connectivity index (χ1) is 30.2. The van der Waals surface area contributed by atoms with Gasteiger partial charge in [0.05, 0.1) is 11.0 Å². The summed E-state index contributed by atoms with van der Waals surface area (Å²) >= 11 is 0. The van der Waals surface area contributed by atoms with Gasteiger partial charge in [0.2, 0.25) is 17.7 Å². The maximum absolute atomic E-state index is 6.09. The first-order valence-corrected chi connectivity index (χ1v) is 20.1. The number of para-hydroxylation sites is 4. The fourth-order valence-corrected chi connectivity index (χ4v) is 8.10. The van der Waals surface area contributed by atoms with Crippen LogP contribution in [-0.2, 0) is 0 Å². The minimum Gasteiger partial charge on any atom is -0.436 e. The minimum absolute atomic E-state index is 0.506. The summed E-state index contributed by atoms with van der Waals surface area (Å²) in [5, 5.41) is 2.20. The normalized spacial score (nSPS) is 11.6. The van der Waals surface area contributed by atoms with E-state index in [0.717, 1.165) is 88.5 Å². The second-order valence-electron chi connectivity index (χ2n) is 14.9. The van der Waals surface area contributed by atoms with Crippen molar-refractivity contribution in [3.63, 3.8) is 0 Å². The van der Waals surface area contributed by atoms with Gasteiger partial charge in [-0.05, 0) is 95.1 Å². The van der Waals surface area contributed by atoms with Crippen LogP contribution in [0.4, 0.5) is 0 Å². The third-order valence-electron chi connectivity index (χ3n) is 11.2. The molecule has 8 heteroatoms. The second kappa shape index (κ2) is 14.1. The molecular formula is C53H32N6O2. The van der Waals surface area contributed by atoms with Crippen LogP contribution < -0.4 is 0 Å². The highest BCUT2D eigenvalue weighted by Crippen LogP contribution is 2.38. The number of hydrogen-bond donors (Lipinski definition) is 0. The summed E-state index contributed by atoms with van der Waals surface area (Å²) in [7, 11) is 0. The molecule has 12 aromatic rings. The molecule has 0 aliphatic rings. The Hall–Kier alpha value is -8.49. The fraction of sp³-hybridized carbons (Fsp3) is 0. The summed E-state index contributed by atoms with van der Waals surface area (Å²) in [6.45, 7) is 0. The Balaban J connectivity index is 1.04. The van der Waals surface area contributed by atoms with Crippen LogP contribution in [0.3, 0.4) is 0 Å². The van der Waals surface area contributed by atoms with Crippen molar-refractivity contribution in [1.82, 2.24) is 29.5 Å². The molecular weight excluding hydrogens is 753 g/mol. The van der Waals surface area contributed by atoms with Crippen molar-refractivity contribution in [3.8, 4) is 73.9 Å². The molecule has 0 saturated carbocycles. The molecule has 0 amide bonds. The third kappa shape index (κ3) is 6.13. The van der Waals surface area contributed by atoms with E-state index in [0.29, 0.717) is 29.4 Å². The number of hydrogen-bond acceptors (Lipinski definition) is 7. The van der Waals surface area contributed by atoms with Crippen molar-refractivity contribution < 1.29 is 8.83 Å². The van der Waals surface area contributed by atoms with Crippen molar-refractivity contribution in [1.29, 1.82) is 0 Å². The Morgan fingerprint density at radius 3 is 1.15 bits per heavy atom. The molecule has 0 N–H and O–H groups in total. The average Bonchev–Trinajstić information content (AvgIpc) is 4.06. The molecule has 0 radical (unpaired) electrons. The lowest BCUT2D eigenvalue weighted by Gasteiger charge is -2.11. The number of nitrogens with zero attached hydrogens (tertiary/aromatic N) is 6. The van der Waals surface area contributed by atoms with E-state index in [-0.39, 0.29) is 0 Å². The summed E-state index contributed by atoms with van der Waals surface area (Å²) in [6.07, 6.45) is 0. The Labute approximate surface area is 349 Å². The van der Waals surface area contributed by atoms with Gasteiger partial charge in [0.25, 0.3) is 0 Å². The van der Waals surface area contributed by atoms with Crippen molar-refractivity contribution in [2.75, 3.05) is 0 Å². The maximum Gasteiger partial charge on any atom is 0.238 e.